The average Bonchev–Trinajstić information content (AvgIpc) is 2.74. The van der Waals surface area contributed by atoms with E-state index >= 15 is 0 Å². The molecule has 0 aliphatic carbocycles. The van der Waals surface area contributed by atoms with Gasteiger partial charge in [-0.2, -0.15) is 11.8 Å². The van der Waals surface area contributed by atoms with E-state index in [1.807, 2.05) is 36.6 Å². The maximum Gasteiger partial charge on any atom is 0.322 e. The largest absolute Gasteiger partial charge is 0.352 e. The molecule has 126 valence electrons. The van der Waals surface area contributed by atoms with Gasteiger partial charge in [0, 0.05) is 36.1 Å². The summed E-state index contributed by atoms with van der Waals surface area (Å²) in [5.41, 5.74) is 2.26. The molecule has 2 N–H and O–H groups in total. The van der Waals surface area contributed by atoms with Crippen LogP contribution in [0.4, 0.5) is 10.5 Å². The van der Waals surface area contributed by atoms with Crippen molar-refractivity contribution in [2.45, 2.75) is 33.2 Å². The van der Waals surface area contributed by atoms with Crippen LogP contribution in [-0.2, 0) is 0 Å². The van der Waals surface area contributed by atoms with Crippen LogP contribution in [0.15, 0.2) is 18.2 Å². The molecule has 0 spiro atoms. The lowest BCUT2D eigenvalue weighted by Crippen LogP contribution is -2.42. The van der Waals surface area contributed by atoms with Crippen molar-refractivity contribution in [3.05, 3.63) is 29.3 Å². The number of carbonyl (C=O) groups is 2. The van der Waals surface area contributed by atoms with Gasteiger partial charge in [-0.3, -0.25) is 4.79 Å². The number of rotatable bonds is 3. The van der Waals surface area contributed by atoms with Crippen molar-refractivity contribution in [3.63, 3.8) is 0 Å². The molecule has 0 bridgehead atoms. The van der Waals surface area contributed by atoms with E-state index in [0.717, 1.165) is 35.7 Å². The molecule has 23 heavy (non-hydrogen) atoms. The van der Waals surface area contributed by atoms with Gasteiger partial charge in [0.2, 0.25) is 0 Å². The third-order valence-corrected chi connectivity index (χ3v) is 5.01. The molecule has 1 aliphatic rings. The molecule has 1 atom stereocenters. The first kappa shape index (κ1) is 17.7. The van der Waals surface area contributed by atoms with Gasteiger partial charge in [-0.05, 0) is 56.7 Å². The van der Waals surface area contributed by atoms with Crippen LogP contribution in [-0.4, -0.2) is 47.5 Å². The minimum Gasteiger partial charge on any atom is -0.352 e. The van der Waals surface area contributed by atoms with Crippen molar-refractivity contribution in [1.29, 1.82) is 0 Å². The molecule has 2 rings (SSSR count). The number of benzene rings is 1. The molecule has 0 unspecified atom stereocenters. The minimum atomic E-state index is -0.0911. The first-order chi connectivity index (χ1) is 11.0. The Bertz CT molecular complexity index is 577. The summed E-state index contributed by atoms with van der Waals surface area (Å²) in [6.07, 6.45) is 1.02. The molecule has 1 heterocycles. The first-order valence-electron chi connectivity index (χ1n) is 8.07. The summed E-state index contributed by atoms with van der Waals surface area (Å²) >= 11 is 1.89. The highest BCUT2D eigenvalue weighted by atomic mass is 32.2. The monoisotopic (exact) mass is 335 g/mol. The van der Waals surface area contributed by atoms with Crippen molar-refractivity contribution in [2.24, 2.45) is 0 Å². The lowest BCUT2D eigenvalue weighted by Gasteiger charge is -2.27. The van der Waals surface area contributed by atoms with E-state index in [2.05, 4.69) is 17.6 Å². The van der Waals surface area contributed by atoms with E-state index in [-0.39, 0.29) is 18.0 Å². The van der Waals surface area contributed by atoms with Gasteiger partial charge in [0.1, 0.15) is 0 Å². The van der Waals surface area contributed by atoms with Crippen molar-refractivity contribution in [1.82, 2.24) is 10.2 Å². The van der Waals surface area contributed by atoms with E-state index < -0.39 is 0 Å². The molecule has 1 aromatic rings. The number of amides is 3. The van der Waals surface area contributed by atoms with Crippen LogP contribution in [0.1, 0.15) is 36.2 Å². The number of nitrogens with zero attached hydrogens (tertiary/aromatic N) is 1. The lowest BCUT2D eigenvalue weighted by molar-refractivity contribution is 0.0955. The number of nitrogens with one attached hydrogen (secondary N) is 2. The number of urea groups is 1. The van der Waals surface area contributed by atoms with Gasteiger partial charge in [0.25, 0.3) is 5.91 Å². The summed E-state index contributed by atoms with van der Waals surface area (Å²) in [6, 6.07) is 5.54. The highest BCUT2D eigenvalue weighted by Crippen LogP contribution is 2.20. The van der Waals surface area contributed by atoms with Crippen LogP contribution >= 0.6 is 11.8 Å². The molecule has 5 nitrogen and oxygen atoms in total. The summed E-state index contributed by atoms with van der Waals surface area (Å²) in [5.74, 6) is 1.99. The van der Waals surface area contributed by atoms with E-state index in [9.17, 15) is 9.59 Å². The number of aryl methyl sites for hydroxylation is 1. The number of hydrogen-bond donors (Lipinski definition) is 2. The highest BCUT2D eigenvalue weighted by molar-refractivity contribution is 7.99. The fourth-order valence-corrected chi connectivity index (χ4v) is 3.63. The summed E-state index contributed by atoms with van der Waals surface area (Å²) in [7, 11) is 0. The minimum absolute atomic E-state index is 0.0612. The summed E-state index contributed by atoms with van der Waals surface area (Å²) in [6.45, 7) is 7.26. The van der Waals surface area contributed by atoms with Gasteiger partial charge in [-0.25, -0.2) is 4.79 Å². The molecule has 0 saturated carbocycles. The number of anilines is 1. The highest BCUT2D eigenvalue weighted by Gasteiger charge is 2.22. The normalized spacial score (nSPS) is 18.2. The third-order valence-electron chi connectivity index (χ3n) is 4.02. The predicted molar refractivity (Wildman–Crippen MR) is 96.3 cm³/mol. The fraction of sp³-hybridized carbons (Fsp3) is 0.529. The maximum absolute atomic E-state index is 12.5. The topological polar surface area (TPSA) is 61.4 Å². The number of carbonyl (C=O) groups excluding carboxylic acids is 2. The lowest BCUT2D eigenvalue weighted by atomic mass is 10.1. The zero-order valence-corrected chi connectivity index (χ0v) is 14.8. The maximum atomic E-state index is 12.5. The summed E-state index contributed by atoms with van der Waals surface area (Å²) in [4.78, 5) is 26.3. The Kier molecular flexibility index (Phi) is 6.33. The van der Waals surface area contributed by atoms with Gasteiger partial charge >= 0.3 is 6.03 Å². The van der Waals surface area contributed by atoms with Crippen LogP contribution in [0, 0.1) is 6.92 Å². The van der Waals surface area contributed by atoms with Crippen LogP contribution < -0.4 is 10.6 Å². The molecule has 6 heteroatoms. The number of hydrogen-bond acceptors (Lipinski definition) is 3. The Hall–Kier alpha value is -1.69. The standard InChI is InChI=1S/C17H25N3O2S/c1-4-18-16(21)14-5-6-15(12(2)11-14)19-17(22)20-8-10-23-9-7-13(20)3/h5-6,11,13H,4,7-10H2,1-3H3,(H,18,21)(H,19,22)/t13-/m1/s1. The Labute approximate surface area is 142 Å². The van der Waals surface area contributed by atoms with Gasteiger partial charge in [0.05, 0.1) is 0 Å². The summed E-state index contributed by atoms with van der Waals surface area (Å²) in [5, 5.41) is 5.76. The van der Waals surface area contributed by atoms with E-state index in [1.54, 1.807) is 12.1 Å². The number of thioether (sulfide) groups is 1. The molecule has 0 aromatic heterocycles. The second-order valence-electron chi connectivity index (χ2n) is 5.76. The van der Waals surface area contributed by atoms with E-state index in [4.69, 9.17) is 0 Å². The molecule has 1 saturated heterocycles. The predicted octanol–water partition coefficient (Wildman–Crippen LogP) is 3.10. The fourth-order valence-electron chi connectivity index (χ4n) is 2.59. The molecular formula is C17H25N3O2S. The molecule has 0 radical (unpaired) electrons. The van der Waals surface area contributed by atoms with Gasteiger partial charge < -0.3 is 15.5 Å². The smallest absolute Gasteiger partial charge is 0.322 e. The van der Waals surface area contributed by atoms with Crippen LogP contribution in [0.25, 0.3) is 0 Å². The Balaban J connectivity index is 2.07. The van der Waals surface area contributed by atoms with Crippen molar-refractivity contribution < 1.29 is 9.59 Å². The van der Waals surface area contributed by atoms with Crippen LogP contribution in [0.2, 0.25) is 0 Å². The molecular weight excluding hydrogens is 310 g/mol. The average molecular weight is 335 g/mol. The summed E-state index contributed by atoms with van der Waals surface area (Å²) < 4.78 is 0. The zero-order valence-electron chi connectivity index (χ0n) is 14.0. The van der Waals surface area contributed by atoms with Crippen molar-refractivity contribution in [2.75, 3.05) is 29.9 Å². The zero-order chi connectivity index (χ0) is 16.8. The van der Waals surface area contributed by atoms with Gasteiger partial charge in [-0.15, -0.1) is 0 Å². The quantitative estimate of drug-likeness (QED) is 0.892. The molecule has 1 aromatic carbocycles. The van der Waals surface area contributed by atoms with Crippen LogP contribution in [0.3, 0.4) is 0 Å². The molecule has 1 aliphatic heterocycles. The SMILES string of the molecule is CCNC(=O)c1ccc(NC(=O)N2CCSCC[C@H]2C)c(C)c1. The van der Waals surface area contributed by atoms with Crippen molar-refractivity contribution >= 4 is 29.4 Å². The Morgan fingerprint density at radius 2 is 2.13 bits per heavy atom. The van der Waals surface area contributed by atoms with Crippen LogP contribution in [0.5, 0.6) is 0 Å². The second-order valence-corrected chi connectivity index (χ2v) is 6.99. The Morgan fingerprint density at radius 3 is 2.83 bits per heavy atom. The van der Waals surface area contributed by atoms with Gasteiger partial charge in [0.15, 0.2) is 0 Å². The van der Waals surface area contributed by atoms with E-state index in [0.29, 0.717) is 12.1 Å². The van der Waals surface area contributed by atoms with Crippen molar-refractivity contribution in [3.8, 4) is 0 Å². The van der Waals surface area contributed by atoms with E-state index in [1.165, 1.54) is 0 Å². The first-order valence-corrected chi connectivity index (χ1v) is 9.22. The third kappa shape index (κ3) is 4.64. The van der Waals surface area contributed by atoms with Gasteiger partial charge in [-0.1, -0.05) is 0 Å². The Morgan fingerprint density at radius 1 is 1.35 bits per heavy atom. The second kappa shape index (κ2) is 8.24. The molecule has 3 amide bonds. The molecule has 1 fully saturated rings.